The molecule has 1 aromatic heterocycles. The number of nitrogens with two attached hydrogens (primary N) is 1. The van der Waals surface area contributed by atoms with Crippen LogP contribution in [0.3, 0.4) is 0 Å². The second-order valence-electron chi connectivity index (χ2n) is 5.20. The van der Waals surface area contributed by atoms with Crippen LogP contribution < -0.4 is 11.1 Å². The molecule has 0 spiro atoms. The molecule has 0 saturated heterocycles. The topological polar surface area (TPSA) is 72.9 Å². The summed E-state index contributed by atoms with van der Waals surface area (Å²) in [6.07, 6.45) is 5.86. The number of nitrogens with one attached hydrogen (secondary N) is 1. The Bertz CT molecular complexity index is 425. The Kier molecular flexibility index (Phi) is 5.86. The zero-order valence-electron chi connectivity index (χ0n) is 12.5. The van der Waals surface area contributed by atoms with E-state index in [1.807, 2.05) is 6.92 Å². The zero-order chi connectivity index (χ0) is 14.4. The van der Waals surface area contributed by atoms with Gasteiger partial charge in [0.1, 0.15) is 5.69 Å². The molecule has 1 heterocycles. The number of unbranched alkanes of at least 4 members (excludes halogenated alkanes) is 3. The third kappa shape index (κ3) is 4.26. The largest absolute Gasteiger partial charge is 0.395 e. The van der Waals surface area contributed by atoms with E-state index in [4.69, 9.17) is 5.73 Å². The fourth-order valence-electron chi connectivity index (χ4n) is 2.19. The summed E-state index contributed by atoms with van der Waals surface area (Å²) in [6.45, 7) is 6.03. The summed E-state index contributed by atoms with van der Waals surface area (Å²) in [5.41, 5.74) is 7.50. The smallest absolute Gasteiger partial charge is 0.271 e. The highest BCUT2D eigenvalue weighted by Crippen LogP contribution is 2.15. The number of hydrogen-bond donors (Lipinski definition) is 2. The number of hydrogen-bond acceptors (Lipinski definition) is 3. The molecule has 0 fully saturated rings. The highest BCUT2D eigenvalue weighted by molar-refractivity contribution is 5.98. The van der Waals surface area contributed by atoms with E-state index in [0.717, 1.165) is 12.8 Å². The predicted octanol–water partition coefficient (Wildman–Crippen LogP) is 2.40. The van der Waals surface area contributed by atoms with E-state index >= 15 is 0 Å². The van der Waals surface area contributed by atoms with Gasteiger partial charge in [-0.1, -0.05) is 32.6 Å². The third-order valence-corrected chi connectivity index (χ3v) is 3.35. The molecule has 0 saturated carbocycles. The van der Waals surface area contributed by atoms with Crippen LogP contribution in [-0.4, -0.2) is 21.7 Å². The highest BCUT2D eigenvalue weighted by Gasteiger charge is 2.19. The maximum Gasteiger partial charge on any atom is 0.271 e. The van der Waals surface area contributed by atoms with Gasteiger partial charge < -0.3 is 11.1 Å². The second-order valence-corrected chi connectivity index (χ2v) is 5.20. The van der Waals surface area contributed by atoms with Crippen molar-refractivity contribution in [3.05, 3.63) is 11.4 Å². The van der Waals surface area contributed by atoms with Gasteiger partial charge in [0.25, 0.3) is 5.91 Å². The number of rotatable bonds is 7. The van der Waals surface area contributed by atoms with E-state index in [0.29, 0.717) is 17.1 Å². The van der Waals surface area contributed by atoms with E-state index in [2.05, 4.69) is 17.3 Å². The van der Waals surface area contributed by atoms with Crippen molar-refractivity contribution >= 4 is 11.6 Å². The van der Waals surface area contributed by atoms with Crippen LogP contribution in [-0.2, 0) is 7.05 Å². The lowest BCUT2D eigenvalue weighted by atomic mass is 10.1. The summed E-state index contributed by atoms with van der Waals surface area (Å²) in [6, 6.07) is 0.166. The first-order valence-electron chi connectivity index (χ1n) is 7.07. The molecule has 3 N–H and O–H groups in total. The number of anilines is 1. The molecule has 5 nitrogen and oxygen atoms in total. The minimum atomic E-state index is -0.136. The Labute approximate surface area is 115 Å². The van der Waals surface area contributed by atoms with Crippen LogP contribution in [0.25, 0.3) is 0 Å². The lowest BCUT2D eigenvalue weighted by Gasteiger charge is -2.14. The Hall–Kier alpha value is -1.52. The number of carbonyl (C=O) groups excluding carboxylic acids is 1. The monoisotopic (exact) mass is 266 g/mol. The highest BCUT2D eigenvalue weighted by atomic mass is 16.2. The van der Waals surface area contributed by atoms with Crippen LogP contribution >= 0.6 is 0 Å². The summed E-state index contributed by atoms with van der Waals surface area (Å²) >= 11 is 0. The van der Waals surface area contributed by atoms with Gasteiger partial charge in [0.15, 0.2) is 0 Å². The van der Waals surface area contributed by atoms with Gasteiger partial charge in [-0.25, -0.2) is 0 Å². The molecule has 0 aliphatic carbocycles. The van der Waals surface area contributed by atoms with Gasteiger partial charge in [0, 0.05) is 13.1 Å². The number of nitrogen functional groups attached to an aromatic ring is 1. The van der Waals surface area contributed by atoms with E-state index in [9.17, 15) is 4.79 Å². The van der Waals surface area contributed by atoms with Crippen molar-refractivity contribution in [1.82, 2.24) is 15.1 Å². The van der Waals surface area contributed by atoms with Gasteiger partial charge in [-0.2, -0.15) is 5.10 Å². The van der Waals surface area contributed by atoms with Crippen molar-refractivity contribution in [1.29, 1.82) is 0 Å². The summed E-state index contributed by atoms with van der Waals surface area (Å²) in [4.78, 5) is 12.1. The van der Waals surface area contributed by atoms with Gasteiger partial charge in [-0.15, -0.1) is 0 Å². The third-order valence-electron chi connectivity index (χ3n) is 3.35. The first-order valence-corrected chi connectivity index (χ1v) is 7.07. The Balaban J connectivity index is 2.50. The quantitative estimate of drug-likeness (QED) is 0.744. The number of carbonyl (C=O) groups is 1. The molecule has 0 aromatic carbocycles. The van der Waals surface area contributed by atoms with Crippen molar-refractivity contribution in [2.75, 3.05) is 5.73 Å². The van der Waals surface area contributed by atoms with Crippen molar-refractivity contribution in [3.8, 4) is 0 Å². The molecule has 0 aliphatic heterocycles. The molecule has 1 rings (SSSR count). The van der Waals surface area contributed by atoms with Gasteiger partial charge in [-0.3, -0.25) is 9.48 Å². The second kappa shape index (κ2) is 7.16. The number of amides is 1. The molecule has 19 heavy (non-hydrogen) atoms. The molecule has 1 aromatic rings. The summed E-state index contributed by atoms with van der Waals surface area (Å²) in [7, 11) is 1.74. The van der Waals surface area contributed by atoms with Crippen LogP contribution in [0.5, 0.6) is 0 Å². The Morgan fingerprint density at radius 3 is 2.63 bits per heavy atom. The summed E-state index contributed by atoms with van der Waals surface area (Å²) in [5, 5.41) is 7.14. The van der Waals surface area contributed by atoms with Gasteiger partial charge in [0.2, 0.25) is 0 Å². The molecule has 1 unspecified atom stereocenters. The van der Waals surface area contributed by atoms with Crippen molar-refractivity contribution < 1.29 is 4.79 Å². The van der Waals surface area contributed by atoms with E-state index in [1.54, 1.807) is 18.7 Å². The summed E-state index contributed by atoms with van der Waals surface area (Å²) in [5.74, 6) is -0.136. The van der Waals surface area contributed by atoms with Crippen LogP contribution in [0.2, 0.25) is 0 Å². The van der Waals surface area contributed by atoms with Crippen LogP contribution in [0.15, 0.2) is 0 Å². The molecule has 1 atom stereocenters. The van der Waals surface area contributed by atoms with Gasteiger partial charge in [0.05, 0.1) is 11.4 Å². The standard InChI is InChI=1S/C14H26N4O/c1-5-6-7-8-9-10(2)16-14(19)13-12(15)11(3)17-18(13)4/h10H,5-9,15H2,1-4H3,(H,16,19). The van der Waals surface area contributed by atoms with Crippen molar-refractivity contribution in [3.63, 3.8) is 0 Å². The van der Waals surface area contributed by atoms with E-state index in [1.165, 1.54) is 19.3 Å². The fourth-order valence-corrected chi connectivity index (χ4v) is 2.19. The van der Waals surface area contributed by atoms with Crippen LogP contribution in [0.1, 0.15) is 62.1 Å². The molecule has 5 heteroatoms. The van der Waals surface area contributed by atoms with Gasteiger partial charge >= 0.3 is 0 Å². The minimum Gasteiger partial charge on any atom is -0.395 e. The SMILES string of the molecule is CCCCCCC(C)NC(=O)c1c(N)c(C)nn1C. The normalized spacial score (nSPS) is 12.4. The number of aromatic nitrogens is 2. The maximum atomic E-state index is 12.1. The molecule has 0 bridgehead atoms. The van der Waals surface area contributed by atoms with E-state index < -0.39 is 0 Å². The molecule has 108 valence electrons. The maximum absolute atomic E-state index is 12.1. The van der Waals surface area contributed by atoms with E-state index in [-0.39, 0.29) is 11.9 Å². The number of aryl methyl sites for hydroxylation is 2. The average molecular weight is 266 g/mol. The van der Waals surface area contributed by atoms with Gasteiger partial charge in [-0.05, 0) is 20.3 Å². The average Bonchev–Trinajstić information content (AvgIpc) is 2.59. The molecular weight excluding hydrogens is 240 g/mol. The van der Waals surface area contributed by atoms with Crippen LogP contribution in [0, 0.1) is 6.92 Å². The fraction of sp³-hybridized carbons (Fsp3) is 0.714. The predicted molar refractivity (Wildman–Crippen MR) is 78.0 cm³/mol. The lowest BCUT2D eigenvalue weighted by molar-refractivity contribution is 0.0929. The first-order chi connectivity index (χ1) is 8.97. The lowest BCUT2D eigenvalue weighted by Crippen LogP contribution is -2.34. The Morgan fingerprint density at radius 2 is 2.11 bits per heavy atom. The summed E-state index contributed by atoms with van der Waals surface area (Å²) < 4.78 is 1.55. The molecule has 0 radical (unpaired) electrons. The van der Waals surface area contributed by atoms with Crippen molar-refractivity contribution in [2.45, 2.75) is 58.9 Å². The van der Waals surface area contributed by atoms with Crippen LogP contribution in [0.4, 0.5) is 5.69 Å². The number of nitrogens with zero attached hydrogens (tertiary/aromatic N) is 2. The van der Waals surface area contributed by atoms with Crippen molar-refractivity contribution in [2.24, 2.45) is 7.05 Å². The molecular formula is C14H26N4O. The zero-order valence-corrected chi connectivity index (χ0v) is 12.5. The Morgan fingerprint density at radius 1 is 1.42 bits per heavy atom. The molecule has 1 amide bonds. The minimum absolute atomic E-state index is 0.136. The first kappa shape index (κ1) is 15.5. The molecule has 0 aliphatic rings.